The van der Waals surface area contributed by atoms with Gasteiger partial charge in [-0.05, 0) is 12.8 Å². The molecule has 0 saturated heterocycles. The number of hydrogen-bond acceptors (Lipinski definition) is 5. The molecule has 0 fully saturated rings. The van der Waals surface area contributed by atoms with E-state index < -0.39 is 18.1 Å². The molecule has 0 unspecified atom stereocenters. The SMILES string of the molecule is CCCCCCCCCCCCC/C=C/[C@@H](O)[C@@H](N)C(O)(O)O. The highest BCUT2D eigenvalue weighted by Crippen LogP contribution is 2.12. The lowest BCUT2D eigenvalue weighted by atomic mass is 10.0. The summed E-state index contributed by atoms with van der Waals surface area (Å²) in [6.07, 6.45) is 16.9. The highest BCUT2D eigenvalue weighted by molar-refractivity contribution is 4.95. The first kappa shape index (κ1) is 22.5. The molecule has 0 aliphatic carbocycles. The van der Waals surface area contributed by atoms with Crippen LogP contribution in [0.5, 0.6) is 0 Å². The van der Waals surface area contributed by atoms with E-state index >= 15 is 0 Å². The molecular formula is C18H37NO4. The van der Waals surface area contributed by atoms with E-state index in [-0.39, 0.29) is 0 Å². The number of unbranched alkanes of at least 4 members (excludes halogenated alkanes) is 11. The van der Waals surface area contributed by atoms with Crippen LogP contribution < -0.4 is 5.73 Å². The number of rotatable bonds is 15. The minimum Gasteiger partial charge on any atom is -0.387 e. The lowest BCUT2D eigenvalue weighted by Gasteiger charge is -2.24. The van der Waals surface area contributed by atoms with Crippen LogP contribution in [0.25, 0.3) is 0 Å². The zero-order valence-electron chi connectivity index (χ0n) is 14.7. The normalized spacial score (nSPS) is 15.2. The molecule has 0 spiro atoms. The molecule has 0 aliphatic heterocycles. The maximum atomic E-state index is 9.54. The number of aliphatic hydroxyl groups excluding tert-OH is 1. The van der Waals surface area contributed by atoms with Crippen molar-refractivity contribution in [1.82, 2.24) is 0 Å². The lowest BCUT2D eigenvalue weighted by Crippen LogP contribution is -2.54. The fourth-order valence-electron chi connectivity index (χ4n) is 2.51. The maximum Gasteiger partial charge on any atom is 0.294 e. The Morgan fingerprint density at radius 3 is 1.70 bits per heavy atom. The van der Waals surface area contributed by atoms with E-state index in [4.69, 9.17) is 21.1 Å². The average molecular weight is 331 g/mol. The molecule has 0 heterocycles. The third-order valence-corrected chi connectivity index (χ3v) is 4.12. The third kappa shape index (κ3) is 13.7. The minimum atomic E-state index is -3.06. The van der Waals surface area contributed by atoms with Gasteiger partial charge in [-0.25, -0.2) is 0 Å². The van der Waals surface area contributed by atoms with Crippen LogP contribution in [0, 0.1) is 0 Å². The largest absolute Gasteiger partial charge is 0.387 e. The predicted molar refractivity (Wildman–Crippen MR) is 93.6 cm³/mol. The molecule has 0 saturated carbocycles. The fraction of sp³-hybridized carbons (Fsp3) is 0.889. The summed E-state index contributed by atoms with van der Waals surface area (Å²) in [5.74, 6) is -3.06. The van der Waals surface area contributed by atoms with E-state index in [1.54, 1.807) is 6.08 Å². The smallest absolute Gasteiger partial charge is 0.294 e. The predicted octanol–water partition coefficient (Wildman–Crippen LogP) is 2.56. The summed E-state index contributed by atoms with van der Waals surface area (Å²) in [7, 11) is 0. The van der Waals surface area contributed by atoms with Crippen LogP contribution in [0.3, 0.4) is 0 Å². The van der Waals surface area contributed by atoms with Crippen molar-refractivity contribution < 1.29 is 20.4 Å². The average Bonchev–Trinajstić information content (AvgIpc) is 2.50. The Kier molecular flexibility index (Phi) is 13.7. The summed E-state index contributed by atoms with van der Waals surface area (Å²) in [5, 5.41) is 36.1. The molecule has 0 rings (SSSR count). The number of allylic oxidation sites excluding steroid dienone is 1. The van der Waals surface area contributed by atoms with Gasteiger partial charge in [0.05, 0.1) is 6.10 Å². The van der Waals surface area contributed by atoms with Crippen molar-refractivity contribution in [3.63, 3.8) is 0 Å². The van der Waals surface area contributed by atoms with Gasteiger partial charge in [0.2, 0.25) is 0 Å². The molecule has 0 bridgehead atoms. The van der Waals surface area contributed by atoms with E-state index in [0.717, 1.165) is 19.3 Å². The van der Waals surface area contributed by atoms with Crippen molar-refractivity contribution in [2.24, 2.45) is 5.73 Å². The van der Waals surface area contributed by atoms with Gasteiger partial charge in [-0.15, -0.1) is 0 Å². The summed E-state index contributed by atoms with van der Waals surface area (Å²) >= 11 is 0. The van der Waals surface area contributed by atoms with Crippen LogP contribution in [-0.4, -0.2) is 38.5 Å². The van der Waals surface area contributed by atoms with Crippen molar-refractivity contribution in [1.29, 1.82) is 0 Å². The van der Waals surface area contributed by atoms with Gasteiger partial charge in [-0.1, -0.05) is 83.3 Å². The van der Waals surface area contributed by atoms with Crippen LogP contribution in [0.15, 0.2) is 12.2 Å². The van der Waals surface area contributed by atoms with E-state index in [1.807, 2.05) is 0 Å². The summed E-state index contributed by atoms with van der Waals surface area (Å²) in [4.78, 5) is 0. The van der Waals surface area contributed by atoms with Crippen molar-refractivity contribution in [3.8, 4) is 0 Å². The number of nitrogens with two attached hydrogens (primary N) is 1. The van der Waals surface area contributed by atoms with Gasteiger partial charge < -0.3 is 26.2 Å². The van der Waals surface area contributed by atoms with Crippen molar-refractivity contribution in [3.05, 3.63) is 12.2 Å². The second-order valence-corrected chi connectivity index (χ2v) is 6.46. The second kappa shape index (κ2) is 13.9. The summed E-state index contributed by atoms with van der Waals surface area (Å²) < 4.78 is 0. The molecule has 23 heavy (non-hydrogen) atoms. The van der Waals surface area contributed by atoms with Gasteiger partial charge in [-0.3, -0.25) is 0 Å². The Hall–Kier alpha value is -0.460. The molecule has 0 aliphatic rings. The van der Waals surface area contributed by atoms with Crippen molar-refractivity contribution in [2.75, 3.05) is 0 Å². The molecule has 5 heteroatoms. The van der Waals surface area contributed by atoms with Gasteiger partial charge in [0.15, 0.2) is 0 Å². The lowest BCUT2D eigenvalue weighted by molar-refractivity contribution is -0.329. The zero-order valence-corrected chi connectivity index (χ0v) is 14.7. The first-order valence-corrected chi connectivity index (χ1v) is 9.17. The fourth-order valence-corrected chi connectivity index (χ4v) is 2.51. The molecule has 0 amide bonds. The molecular weight excluding hydrogens is 294 g/mol. The standard InChI is InChI=1S/C18H37NO4/c1-2-3-4-5-6-7-8-9-10-11-12-13-14-15-16(20)17(19)18(21,22)23/h14-17,20-23H,2-13,19H2,1H3/b15-14+/t16-,17-/m1/s1. The Morgan fingerprint density at radius 2 is 1.26 bits per heavy atom. The van der Waals surface area contributed by atoms with Gasteiger partial charge in [0.25, 0.3) is 5.97 Å². The Bertz CT molecular complexity index is 289. The van der Waals surface area contributed by atoms with E-state index in [1.165, 1.54) is 63.9 Å². The minimum absolute atomic E-state index is 0.816. The molecule has 0 aromatic heterocycles. The monoisotopic (exact) mass is 331 g/mol. The maximum absolute atomic E-state index is 9.54. The Morgan fingerprint density at radius 1 is 0.826 bits per heavy atom. The van der Waals surface area contributed by atoms with Crippen LogP contribution in [0.2, 0.25) is 0 Å². The van der Waals surface area contributed by atoms with Crippen LogP contribution >= 0.6 is 0 Å². The summed E-state index contributed by atoms with van der Waals surface area (Å²) in [6, 6.07) is -1.53. The highest BCUT2D eigenvalue weighted by atomic mass is 16.7. The van der Waals surface area contributed by atoms with E-state index in [2.05, 4.69) is 6.92 Å². The van der Waals surface area contributed by atoms with Crippen molar-refractivity contribution >= 4 is 0 Å². The Balaban J connectivity index is 3.41. The van der Waals surface area contributed by atoms with E-state index in [0.29, 0.717) is 0 Å². The summed E-state index contributed by atoms with van der Waals surface area (Å²) in [6.45, 7) is 2.24. The zero-order chi connectivity index (χ0) is 17.6. The third-order valence-electron chi connectivity index (χ3n) is 4.12. The summed E-state index contributed by atoms with van der Waals surface area (Å²) in [5.41, 5.74) is 5.29. The second-order valence-electron chi connectivity index (χ2n) is 6.46. The van der Waals surface area contributed by atoms with Gasteiger partial charge in [0.1, 0.15) is 6.04 Å². The first-order valence-electron chi connectivity index (χ1n) is 9.17. The number of aliphatic hydroxyl groups is 4. The molecule has 2 atom stereocenters. The van der Waals surface area contributed by atoms with Gasteiger partial charge >= 0.3 is 0 Å². The van der Waals surface area contributed by atoms with Crippen LogP contribution in [0.1, 0.15) is 84.0 Å². The molecule has 0 aromatic carbocycles. The highest BCUT2D eigenvalue weighted by Gasteiger charge is 2.33. The number of hydrogen-bond donors (Lipinski definition) is 5. The van der Waals surface area contributed by atoms with Crippen LogP contribution in [-0.2, 0) is 0 Å². The van der Waals surface area contributed by atoms with Gasteiger partial charge in [0, 0.05) is 0 Å². The van der Waals surface area contributed by atoms with E-state index in [9.17, 15) is 5.11 Å². The molecule has 5 nitrogen and oxygen atoms in total. The van der Waals surface area contributed by atoms with Gasteiger partial charge in [-0.2, -0.15) is 0 Å². The molecule has 0 aromatic rings. The topological polar surface area (TPSA) is 107 Å². The molecule has 0 radical (unpaired) electrons. The molecule has 6 N–H and O–H groups in total. The van der Waals surface area contributed by atoms with Crippen LogP contribution in [0.4, 0.5) is 0 Å². The quantitative estimate of drug-likeness (QED) is 0.180. The first-order chi connectivity index (χ1) is 10.9. The Labute approximate surface area is 141 Å². The van der Waals surface area contributed by atoms with Crippen molar-refractivity contribution in [2.45, 2.75) is 102 Å². The molecule has 138 valence electrons.